The molecule has 2 aromatic rings. The Bertz CT molecular complexity index is 937. The predicted molar refractivity (Wildman–Crippen MR) is 112 cm³/mol. The smallest absolute Gasteiger partial charge is 0.337 e. The zero-order valence-corrected chi connectivity index (χ0v) is 16.9. The molecule has 0 spiro atoms. The van der Waals surface area contributed by atoms with E-state index in [2.05, 4.69) is 17.1 Å². The Hall–Kier alpha value is -3.13. The molecule has 0 heterocycles. The van der Waals surface area contributed by atoms with E-state index in [1.807, 2.05) is 18.2 Å². The predicted octanol–water partition coefficient (Wildman–Crippen LogP) is 5.13. The van der Waals surface area contributed by atoms with Gasteiger partial charge < -0.3 is 10.1 Å². The minimum absolute atomic E-state index is 0.0739. The summed E-state index contributed by atoms with van der Waals surface area (Å²) in [5, 5.41) is 3.03. The monoisotopic (exact) mass is 390 g/mol. The van der Waals surface area contributed by atoms with Gasteiger partial charge in [0.15, 0.2) is 5.69 Å². The van der Waals surface area contributed by atoms with Gasteiger partial charge in [-0.1, -0.05) is 25.1 Å². The average molecular weight is 390 g/mol. The number of methoxy groups -OCH3 is 1. The largest absolute Gasteiger partial charge is 0.465 e. The molecule has 0 atom stereocenters. The lowest BCUT2D eigenvalue weighted by molar-refractivity contribution is -0.126. The highest BCUT2D eigenvalue weighted by Crippen LogP contribution is 2.29. The first kappa shape index (κ1) is 20.6. The Labute approximate surface area is 171 Å². The van der Waals surface area contributed by atoms with Crippen LogP contribution in [0.15, 0.2) is 42.5 Å². The molecule has 0 saturated heterocycles. The van der Waals surface area contributed by atoms with E-state index in [9.17, 15) is 9.59 Å². The number of benzene rings is 2. The maximum atomic E-state index is 12.6. The highest BCUT2D eigenvalue weighted by Gasteiger charge is 2.24. The number of nitrogens with zero attached hydrogens (tertiary/aromatic N) is 1. The number of hydrogen-bond acceptors (Lipinski definition) is 3. The van der Waals surface area contributed by atoms with Crippen LogP contribution < -0.4 is 5.32 Å². The first-order valence-corrected chi connectivity index (χ1v) is 9.98. The molecule has 0 aromatic heterocycles. The van der Waals surface area contributed by atoms with Crippen LogP contribution in [-0.2, 0) is 16.1 Å². The summed E-state index contributed by atoms with van der Waals surface area (Å²) < 4.78 is 4.88. The summed E-state index contributed by atoms with van der Waals surface area (Å²) >= 11 is 0. The van der Waals surface area contributed by atoms with Gasteiger partial charge in [0.05, 0.1) is 19.2 Å². The summed E-state index contributed by atoms with van der Waals surface area (Å²) in [5.74, 6) is 0.424. The van der Waals surface area contributed by atoms with Crippen molar-refractivity contribution < 1.29 is 14.3 Å². The van der Waals surface area contributed by atoms with Gasteiger partial charge >= 0.3 is 5.97 Å². The van der Waals surface area contributed by atoms with Gasteiger partial charge in [0.2, 0.25) is 5.91 Å². The molecule has 1 fully saturated rings. The van der Waals surface area contributed by atoms with Crippen LogP contribution in [0.3, 0.4) is 0 Å². The molecule has 0 unspecified atom stereocenters. The third-order valence-electron chi connectivity index (χ3n) is 5.58. The summed E-state index contributed by atoms with van der Waals surface area (Å²) in [5.41, 5.74) is 3.45. The third-order valence-corrected chi connectivity index (χ3v) is 5.58. The van der Waals surface area contributed by atoms with E-state index < -0.39 is 5.97 Å². The summed E-state index contributed by atoms with van der Waals surface area (Å²) in [6, 6.07) is 12.7. The van der Waals surface area contributed by atoms with E-state index in [1.54, 1.807) is 24.3 Å². The van der Waals surface area contributed by atoms with Crippen LogP contribution in [-0.4, -0.2) is 19.0 Å². The summed E-state index contributed by atoms with van der Waals surface area (Å²) in [6.45, 7) is 9.80. The van der Waals surface area contributed by atoms with Gasteiger partial charge in [-0.3, -0.25) is 4.79 Å². The van der Waals surface area contributed by atoms with Crippen LogP contribution in [0, 0.1) is 18.4 Å². The molecule has 150 valence electrons. The average Bonchev–Trinajstić information content (AvgIpc) is 2.77. The van der Waals surface area contributed by atoms with Gasteiger partial charge in [-0.25, -0.2) is 9.64 Å². The zero-order valence-electron chi connectivity index (χ0n) is 16.9. The summed E-state index contributed by atoms with van der Waals surface area (Å²) in [4.78, 5) is 28.2. The minimum Gasteiger partial charge on any atom is -0.465 e. The molecular formula is C24H26N2O3. The van der Waals surface area contributed by atoms with Crippen molar-refractivity contribution in [1.29, 1.82) is 0 Å². The van der Waals surface area contributed by atoms with Gasteiger partial charge in [0.25, 0.3) is 0 Å². The molecule has 1 aliphatic rings. The minimum atomic E-state index is -0.429. The fraction of sp³-hybridized carbons (Fsp3) is 0.375. The van der Waals surface area contributed by atoms with Crippen LogP contribution in [0.1, 0.15) is 48.5 Å². The van der Waals surface area contributed by atoms with E-state index in [1.165, 1.54) is 7.11 Å². The standard InChI is InChI=1S/C24H26N2O3/c1-16-7-9-18(10-8-16)23(27)26-15-17-11-20(13-21(12-17)24(28)29-3)19-5-4-6-22(14-19)25-2/h4-6,11-14,16,18H,7-10,15H2,1,3H3,(H,26,27). The molecule has 1 N–H and O–H groups in total. The number of ether oxygens (including phenoxy) is 1. The number of esters is 1. The lowest BCUT2D eigenvalue weighted by Gasteiger charge is -2.25. The molecule has 1 amide bonds. The SMILES string of the molecule is [C-]#[N+]c1cccc(-c2cc(CNC(=O)C3CCC(C)CC3)cc(C(=O)OC)c2)c1. The van der Waals surface area contributed by atoms with Gasteiger partial charge in [0, 0.05) is 12.5 Å². The van der Waals surface area contributed by atoms with Gasteiger partial charge in [-0.2, -0.15) is 0 Å². The maximum Gasteiger partial charge on any atom is 0.337 e. The molecule has 0 aliphatic heterocycles. The first-order chi connectivity index (χ1) is 14.0. The van der Waals surface area contributed by atoms with Crippen molar-refractivity contribution in [3.8, 4) is 11.1 Å². The van der Waals surface area contributed by atoms with E-state index in [-0.39, 0.29) is 11.8 Å². The lowest BCUT2D eigenvalue weighted by atomic mass is 9.82. The highest BCUT2D eigenvalue weighted by molar-refractivity contribution is 5.91. The van der Waals surface area contributed by atoms with Crippen molar-refractivity contribution in [2.75, 3.05) is 7.11 Å². The Kier molecular flexibility index (Phi) is 6.66. The van der Waals surface area contributed by atoms with Crippen LogP contribution in [0.2, 0.25) is 0 Å². The number of nitrogens with one attached hydrogen (secondary N) is 1. The van der Waals surface area contributed by atoms with E-state index >= 15 is 0 Å². The molecule has 5 nitrogen and oxygen atoms in total. The molecule has 0 bridgehead atoms. The van der Waals surface area contributed by atoms with Crippen molar-refractivity contribution in [2.24, 2.45) is 11.8 Å². The first-order valence-electron chi connectivity index (χ1n) is 9.98. The molecule has 3 rings (SSSR count). The normalized spacial score (nSPS) is 18.5. The Morgan fingerprint density at radius 3 is 2.55 bits per heavy atom. The topological polar surface area (TPSA) is 59.8 Å². The lowest BCUT2D eigenvalue weighted by Crippen LogP contribution is -2.32. The molecule has 29 heavy (non-hydrogen) atoms. The molecular weight excluding hydrogens is 364 g/mol. The van der Waals surface area contributed by atoms with E-state index in [0.717, 1.165) is 42.4 Å². The van der Waals surface area contributed by atoms with E-state index in [0.29, 0.717) is 23.7 Å². The molecule has 1 aliphatic carbocycles. The second-order valence-electron chi connectivity index (χ2n) is 7.75. The van der Waals surface area contributed by atoms with Crippen molar-refractivity contribution >= 4 is 17.6 Å². The van der Waals surface area contributed by atoms with Gasteiger partial charge in [0.1, 0.15) is 0 Å². The second-order valence-corrected chi connectivity index (χ2v) is 7.75. The van der Waals surface area contributed by atoms with Crippen molar-refractivity contribution in [2.45, 2.75) is 39.2 Å². The molecule has 5 heteroatoms. The number of carbonyl (C=O) groups excluding carboxylic acids is 2. The highest BCUT2D eigenvalue weighted by atomic mass is 16.5. The van der Waals surface area contributed by atoms with Gasteiger partial charge in [-0.15, -0.1) is 0 Å². The Balaban J connectivity index is 1.81. The third kappa shape index (κ3) is 5.23. The zero-order chi connectivity index (χ0) is 20.8. The number of hydrogen-bond donors (Lipinski definition) is 1. The molecule has 0 radical (unpaired) electrons. The quantitative estimate of drug-likeness (QED) is 0.568. The summed E-state index contributed by atoms with van der Waals surface area (Å²) in [6.07, 6.45) is 4.06. The fourth-order valence-electron chi connectivity index (χ4n) is 3.81. The maximum absolute atomic E-state index is 12.6. The van der Waals surface area contributed by atoms with Crippen molar-refractivity contribution in [1.82, 2.24) is 5.32 Å². The molecule has 1 saturated carbocycles. The summed E-state index contributed by atoms with van der Waals surface area (Å²) in [7, 11) is 1.35. The van der Waals surface area contributed by atoms with Crippen molar-refractivity contribution in [3.05, 3.63) is 65.0 Å². The van der Waals surface area contributed by atoms with Crippen LogP contribution in [0.5, 0.6) is 0 Å². The van der Waals surface area contributed by atoms with Crippen LogP contribution in [0.25, 0.3) is 16.0 Å². The fourth-order valence-corrected chi connectivity index (χ4v) is 3.81. The Morgan fingerprint density at radius 1 is 1.10 bits per heavy atom. The van der Waals surface area contributed by atoms with Crippen molar-refractivity contribution in [3.63, 3.8) is 0 Å². The second kappa shape index (κ2) is 9.38. The number of amides is 1. The molecule has 2 aromatic carbocycles. The van der Waals surface area contributed by atoms with Crippen LogP contribution in [0.4, 0.5) is 5.69 Å². The van der Waals surface area contributed by atoms with Crippen LogP contribution >= 0.6 is 0 Å². The number of carbonyl (C=O) groups is 2. The Morgan fingerprint density at radius 2 is 1.86 bits per heavy atom. The van der Waals surface area contributed by atoms with E-state index in [4.69, 9.17) is 11.3 Å². The van der Waals surface area contributed by atoms with Gasteiger partial charge in [-0.05, 0) is 72.6 Å². The number of rotatable bonds is 5.